The molecular weight excluding hydrogens is 386 g/mol. The molecule has 4 rings (SSSR count). The van der Waals surface area contributed by atoms with Gasteiger partial charge in [0, 0.05) is 15.6 Å². The highest BCUT2D eigenvalue weighted by molar-refractivity contribution is 7.21. The normalized spacial score (nSPS) is 15.1. The molecule has 0 aliphatic carbocycles. The van der Waals surface area contributed by atoms with Crippen LogP contribution in [0.3, 0.4) is 0 Å². The first-order valence-corrected chi connectivity index (χ1v) is 9.22. The quantitative estimate of drug-likeness (QED) is 0.461. The molecule has 0 bridgehead atoms. The minimum absolute atomic E-state index is 0.171. The van der Waals surface area contributed by atoms with Crippen LogP contribution in [0.4, 0.5) is 0 Å². The van der Waals surface area contributed by atoms with Crippen molar-refractivity contribution in [3.63, 3.8) is 0 Å². The minimum atomic E-state index is -0.539. The van der Waals surface area contributed by atoms with Crippen LogP contribution in [0, 0.1) is 0 Å². The third kappa shape index (κ3) is 3.18. The van der Waals surface area contributed by atoms with Crippen molar-refractivity contribution in [2.45, 2.75) is 0 Å². The van der Waals surface area contributed by atoms with Crippen molar-refractivity contribution in [3.8, 4) is 11.5 Å². The highest BCUT2D eigenvalue weighted by atomic mass is 35.5. The molecule has 0 saturated heterocycles. The molecule has 0 unspecified atom stereocenters. The molecule has 0 atom stereocenters. The second-order valence-corrected chi connectivity index (χ2v) is 7.12. The van der Waals surface area contributed by atoms with Gasteiger partial charge in [0.2, 0.25) is 5.90 Å². The van der Waals surface area contributed by atoms with Gasteiger partial charge in [0.15, 0.2) is 5.70 Å². The molecule has 2 aromatic carbocycles. The summed E-state index contributed by atoms with van der Waals surface area (Å²) in [5.74, 6) is 0.910. The van der Waals surface area contributed by atoms with E-state index in [-0.39, 0.29) is 11.6 Å². The van der Waals surface area contributed by atoms with Crippen molar-refractivity contribution in [1.29, 1.82) is 0 Å². The number of esters is 1. The Labute approximate surface area is 164 Å². The minimum Gasteiger partial charge on any atom is -0.497 e. The van der Waals surface area contributed by atoms with Gasteiger partial charge < -0.3 is 14.2 Å². The first kappa shape index (κ1) is 17.6. The average molecular weight is 400 g/mol. The van der Waals surface area contributed by atoms with E-state index in [4.69, 9.17) is 25.8 Å². The van der Waals surface area contributed by atoms with Crippen LogP contribution in [0.25, 0.3) is 16.2 Å². The molecule has 2 heterocycles. The number of nitrogens with zero attached hydrogens (tertiary/aromatic N) is 1. The van der Waals surface area contributed by atoms with E-state index in [1.807, 2.05) is 24.3 Å². The number of carbonyl (C=O) groups is 1. The molecule has 7 heteroatoms. The number of hydrogen-bond acceptors (Lipinski definition) is 6. The van der Waals surface area contributed by atoms with Crippen LogP contribution >= 0.6 is 22.9 Å². The molecule has 0 saturated carbocycles. The number of fused-ring (bicyclic) bond motifs is 1. The molecule has 0 spiro atoms. The van der Waals surface area contributed by atoms with Crippen molar-refractivity contribution >= 4 is 51.0 Å². The van der Waals surface area contributed by atoms with Crippen LogP contribution in [0.5, 0.6) is 11.5 Å². The maximum atomic E-state index is 12.3. The first-order valence-electron chi connectivity index (χ1n) is 8.02. The Morgan fingerprint density at radius 2 is 1.96 bits per heavy atom. The summed E-state index contributed by atoms with van der Waals surface area (Å²) >= 11 is 7.90. The molecule has 27 heavy (non-hydrogen) atoms. The fourth-order valence-corrected chi connectivity index (χ4v) is 4.20. The smallest absolute Gasteiger partial charge is 0.363 e. The van der Waals surface area contributed by atoms with Gasteiger partial charge in [-0.3, -0.25) is 0 Å². The number of cyclic esters (lactones) is 1. The van der Waals surface area contributed by atoms with E-state index in [2.05, 4.69) is 4.99 Å². The fourth-order valence-electron chi connectivity index (χ4n) is 2.76. The van der Waals surface area contributed by atoms with Crippen LogP contribution < -0.4 is 9.47 Å². The molecule has 5 nitrogen and oxygen atoms in total. The zero-order valence-electron chi connectivity index (χ0n) is 14.5. The summed E-state index contributed by atoms with van der Waals surface area (Å²) in [6.07, 6.45) is 1.61. The third-order valence-corrected chi connectivity index (χ3v) is 5.74. The number of ether oxygens (including phenoxy) is 3. The van der Waals surface area contributed by atoms with Gasteiger partial charge in [-0.25, -0.2) is 9.79 Å². The summed E-state index contributed by atoms with van der Waals surface area (Å²) in [5, 5.41) is 1.44. The average Bonchev–Trinajstić information content (AvgIpc) is 3.22. The summed E-state index contributed by atoms with van der Waals surface area (Å²) in [5.41, 5.74) is 0.835. The van der Waals surface area contributed by atoms with Crippen molar-refractivity contribution in [1.82, 2.24) is 0 Å². The molecule has 0 amide bonds. The number of aliphatic imine (C=N–C) groups is 1. The number of hydrogen-bond donors (Lipinski definition) is 0. The Balaban J connectivity index is 1.77. The van der Waals surface area contributed by atoms with Crippen molar-refractivity contribution in [2.24, 2.45) is 4.99 Å². The number of thiophene rings is 1. The molecular formula is C20H14ClNO4S. The zero-order valence-corrected chi connectivity index (χ0v) is 16.1. The SMILES string of the molecule is COc1ccc(OC)c(C=C2N=C(c3sc4ccccc4c3Cl)OC2=O)c1. The van der Waals surface area contributed by atoms with Gasteiger partial charge in [0.1, 0.15) is 16.4 Å². The molecule has 0 fully saturated rings. The van der Waals surface area contributed by atoms with Crippen molar-refractivity contribution in [2.75, 3.05) is 14.2 Å². The van der Waals surface area contributed by atoms with E-state index >= 15 is 0 Å². The summed E-state index contributed by atoms with van der Waals surface area (Å²) in [4.78, 5) is 17.3. The molecule has 1 aliphatic rings. The largest absolute Gasteiger partial charge is 0.497 e. The third-order valence-electron chi connectivity index (χ3n) is 4.08. The van der Waals surface area contributed by atoms with E-state index in [1.54, 1.807) is 38.5 Å². The van der Waals surface area contributed by atoms with Crippen LogP contribution in [-0.4, -0.2) is 26.1 Å². The van der Waals surface area contributed by atoms with Gasteiger partial charge in [0.05, 0.1) is 19.2 Å². The molecule has 1 aromatic heterocycles. The first-order chi connectivity index (χ1) is 13.1. The second-order valence-electron chi connectivity index (χ2n) is 5.69. The van der Waals surface area contributed by atoms with Crippen molar-refractivity contribution in [3.05, 3.63) is 63.6 Å². The van der Waals surface area contributed by atoms with Crippen LogP contribution in [-0.2, 0) is 9.53 Å². The fraction of sp³-hybridized carbons (Fsp3) is 0.100. The van der Waals surface area contributed by atoms with Crippen LogP contribution in [0.15, 0.2) is 53.2 Å². The summed E-state index contributed by atoms with van der Waals surface area (Å²) in [7, 11) is 3.13. The lowest BCUT2D eigenvalue weighted by molar-refractivity contribution is -0.129. The maximum absolute atomic E-state index is 12.3. The van der Waals surface area contributed by atoms with E-state index in [1.165, 1.54) is 11.3 Å². The Kier molecular flexibility index (Phi) is 4.59. The summed E-state index contributed by atoms with van der Waals surface area (Å²) in [6, 6.07) is 13.0. The van der Waals surface area contributed by atoms with Gasteiger partial charge in [-0.2, -0.15) is 0 Å². The number of carbonyl (C=O) groups excluding carboxylic acids is 1. The lowest BCUT2D eigenvalue weighted by atomic mass is 10.1. The van der Waals surface area contributed by atoms with Gasteiger partial charge >= 0.3 is 5.97 Å². The Bertz CT molecular complexity index is 1120. The lowest BCUT2D eigenvalue weighted by Crippen LogP contribution is -2.04. The van der Waals surface area contributed by atoms with Gasteiger partial charge in [-0.05, 0) is 30.3 Å². The van der Waals surface area contributed by atoms with E-state index in [9.17, 15) is 4.79 Å². The van der Waals surface area contributed by atoms with Gasteiger partial charge in [-0.15, -0.1) is 11.3 Å². The topological polar surface area (TPSA) is 57.1 Å². The predicted molar refractivity (Wildman–Crippen MR) is 107 cm³/mol. The summed E-state index contributed by atoms with van der Waals surface area (Å²) in [6.45, 7) is 0. The number of rotatable bonds is 4. The monoisotopic (exact) mass is 399 g/mol. The highest BCUT2D eigenvalue weighted by Crippen LogP contribution is 2.37. The lowest BCUT2D eigenvalue weighted by Gasteiger charge is -2.07. The standard InChI is InChI=1S/C20H14ClNO4S/c1-24-12-7-8-15(25-2)11(9-12)10-14-20(23)26-19(22-14)18-17(21)13-5-3-4-6-16(13)27-18/h3-10H,1-2H3. The number of halogens is 1. The zero-order chi connectivity index (χ0) is 19.0. The molecule has 3 aromatic rings. The molecule has 0 radical (unpaired) electrons. The second kappa shape index (κ2) is 7.06. The summed E-state index contributed by atoms with van der Waals surface area (Å²) < 4.78 is 16.9. The Hall–Kier alpha value is -2.83. The highest BCUT2D eigenvalue weighted by Gasteiger charge is 2.28. The van der Waals surface area contributed by atoms with E-state index < -0.39 is 5.97 Å². The maximum Gasteiger partial charge on any atom is 0.363 e. The Morgan fingerprint density at radius 3 is 2.70 bits per heavy atom. The Morgan fingerprint density at radius 1 is 1.15 bits per heavy atom. The number of benzene rings is 2. The van der Waals surface area contributed by atoms with E-state index in [0.717, 1.165) is 10.1 Å². The molecule has 1 aliphatic heterocycles. The number of methoxy groups -OCH3 is 2. The molecule has 136 valence electrons. The van der Waals surface area contributed by atoms with E-state index in [0.29, 0.717) is 27.0 Å². The molecule has 0 N–H and O–H groups in total. The van der Waals surface area contributed by atoms with Gasteiger partial charge in [-0.1, -0.05) is 29.8 Å². The van der Waals surface area contributed by atoms with Crippen LogP contribution in [0.2, 0.25) is 5.02 Å². The van der Waals surface area contributed by atoms with Gasteiger partial charge in [0.25, 0.3) is 0 Å². The predicted octanol–water partition coefficient (Wildman–Crippen LogP) is 4.92. The van der Waals surface area contributed by atoms with Crippen molar-refractivity contribution < 1.29 is 19.0 Å². The van der Waals surface area contributed by atoms with Crippen LogP contribution in [0.1, 0.15) is 10.4 Å².